The van der Waals surface area contributed by atoms with Gasteiger partial charge >= 0.3 is 6.18 Å². The van der Waals surface area contributed by atoms with Crippen LogP contribution in [-0.2, 0) is 19.3 Å². The number of hydrogen-bond acceptors (Lipinski definition) is 4. The zero-order valence-corrected chi connectivity index (χ0v) is 15.8. The third-order valence-electron chi connectivity index (χ3n) is 4.18. The first-order valence-electron chi connectivity index (χ1n) is 8.95. The van der Waals surface area contributed by atoms with Crippen molar-refractivity contribution in [3.05, 3.63) is 89.5 Å². The molecule has 0 amide bonds. The van der Waals surface area contributed by atoms with Gasteiger partial charge in [0, 0.05) is 12.2 Å². The average Bonchev–Trinajstić information content (AvgIpc) is 2.73. The maximum absolute atomic E-state index is 12.8. The lowest BCUT2D eigenvalue weighted by molar-refractivity contribution is -0.137. The third kappa shape index (κ3) is 5.89. The smallest absolute Gasteiger partial charge is 0.416 e. The van der Waals surface area contributed by atoms with Crippen LogP contribution in [0.2, 0.25) is 0 Å². The molecule has 0 aliphatic carbocycles. The van der Waals surface area contributed by atoms with Crippen molar-refractivity contribution in [3.8, 4) is 11.5 Å². The van der Waals surface area contributed by atoms with Crippen LogP contribution in [0.1, 0.15) is 16.7 Å². The Morgan fingerprint density at radius 3 is 2.34 bits per heavy atom. The molecule has 0 aliphatic rings. The lowest BCUT2D eigenvalue weighted by Crippen LogP contribution is -2.20. The van der Waals surface area contributed by atoms with E-state index >= 15 is 0 Å². The summed E-state index contributed by atoms with van der Waals surface area (Å²) in [5, 5.41) is 0. The number of anilines is 1. The number of rotatable bonds is 8. The molecule has 0 saturated carbocycles. The Labute approximate surface area is 167 Å². The quantitative estimate of drug-likeness (QED) is 0.495. The molecular weight excluding hydrogens is 381 g/mol. The van der Waals surface area contributed by atoms with E-state index in [2.05, 4.69) is 10.9 Å². The molecule has 0 atom stereocenters. The SMILES string of the molecule is COc1cc(CNNc2ccccc2)ccc1OCc1cccc(C(F)(F)F)c1. The molecule has 0 unspecified atom stereocenters. The van der Waals surface area contributed by atoms with Crippen molar-refractivity contribution in [3.63, 3.8) is 0 Å². The van der Waals surface area contributed by atoms with Crippen LogP contribution >= 0.6 is 0 Å². The Balaban J connectivity index is 1.60. The molecule has 0 fully saturated rings. The van der Waals surface area contributed by atoms with Gasteiger partial charge in [0.05, 0.1) is 12.7 Å². The molecule has 3 rings (SSSR count). The summed E-state index contributed by atoms with van der Waals surface area (Å²) in [5.41, 5.74) is 7.84. The minimum atomic E-state index is -4.38. The molecule has 0 spiro atoms. The van der Waals surface area contributed by atoms with Gasteiger partial charge in [0.2, 0.25) is 0 Å². The lowest BCUT2D eigenvalue weighted by atomic mass is 10.1. The standard InChI is InChI=1S/C22H21F3N2O2/c1-28-21-13-16(14-26-27-19-8-3-2-4-9-19)10-11-20(21)29-15-17-6-5-7-18(12-17)22(23,24)25/h2-13,26-27H,14-15H2,1H3. The first-order valence-corrected chi connectivity index (χ1v) is 8.95. The van der Waals surface area contributed by atoms with Crippen molar-refractivity contribution in [2.75, 3.05) is 12.5 Å². The van der Waals surface area contributed by atoms with Crippen LogP contribution in [0, 0.1) is 0 Å². The average molecular weight is 402 g/mol. The summed E-state index contributed by atoms with van der Waals surface area (Å²) in [5.74, 6) is 0.973. The molecule has 0 saturated heterocycles. The van der Waals surface area contributed by atoms with E-state index in [9.17, 15) is 13.2 Å². The van der Waals surface area contributed by atoms with Crippen LogP contribution in [0.15, 0.2) is 72.8 Å². The normalized spacial score (nSPS) is 11.2. The van der Waals surface area contributed by atoms with E-state index in [1.807, 2.05) is 42.5 Å². The molecule has 0 aromatic heterocycles. The maximum Gasteiger partial charge on any atom is 0.416 e. The van der Waals surface area contributed by atoms with Crippen molar-refractivity contribution >= 4 is 5.69 Å². The summed E-state index contributed by atoms with van der Waals surface area (Å²) >= 11 is 0. The van der Waals surface area contributed by atoms with Gasteiger partial charge in [-0.05, 0) is 47.5 Å². The molecule has 4 nitrogen and oxygen atoms in total. The minimum absolute atomic E-state index is 0.00738. The zero-order valence-electron chi connectivity index (χ0n) is 15.8. The van der Waals surface area contributed by atoms with E-state index in [0.717, 1.165) is 23.4 Å². The van der Waals surface area contributed by atoms with E-state index in [1.165, 1.54) is 13.2 Å². The van der Waals surface area contributed by atoms with Crippen molar-refractivity contribution < 1.29 is 22.6 Å². The van der Waals surface area contributed by atoms with Gasteiger partial charge in [-0.25, -0.2) is 5.43 Å². The van der Waals surface area contributed by atoms with Crippen LogP contribution in [-0.4, -0.2) is 7.11 Å². The molecule has 2 N–H and O–H groups in total. The lowest BCUT2D eigenvalue weighted by Gasteiger charge is -2.14. The number of benzene rings is 3. The summed E-state index contributed by atoms with van der Waals surface area (Å²) in [6.45, 7) is 0.548. The van der Waals surface area contributed by atoms with Crippen molar-refractivity contribution in [1.29, 1.82) is 0 Å². The summed E-state index contributed by atoms with van der Waals surface area (Å²) < 4.78 is 49.5. The van der Waals surface area contributed by atoms with Crippen LogP contribution < -0.4 is 20.3 Å². The molecule has 29 heavy (non-hydrogen) atoms. The molecule has 7 heteroatoms. The summed E-state index contributed by atoms with van der Waals surface area (Å²) in [6.07, 6.45) is -4.38. The Bertz CT molecular complexity index is 931. The fourth-order valence-electron chi connectivity index (χ4n) is 2.71. The topological polar surface area (TPSA) is 42.5 Å². The molecule has 152 valence electrons. The highest BCUT2D eigenvalue weighted by Gasteiger charge is 2.30. The van der Waals surface area contributed by atoms with Crippen LogP contribution in [0.25, 0.3) is 0 Å². The zero-order chi connectivity index (χ0) is 20.7. The number of methoxy groups -OCH3 is 1. The number of hydrogen-bond donors (Lipinski definition) is 2. The predicted octanol–water partition coefficient (Wildman–Crippen LogP) is 5.41. The van der Waals surface area contributed by atoms with Crippen molar-refractivity contribution in [1.82, 2.24) is 5.43 Å². The number of halogens is 3. The first kappa shape index (κ1) is 20.5. The van der Waals surface area contributed by atoms with E-state index in [1.54, 1.807) is 12.1 Å². The second-order valence-electron chi connectivity index (χ2n) is 6.32. The van der Waals surface area contributed by atoms with Gasteiger partial charge in [-0.15, -0.1) is 0 Å². The van der Waals surface area contributed by atoms with E-state index in [0.29, 0.717) is 23.6 Å². The Kier molecular flexibility index (Phi) is 6.61. The van der Waals surface area contributed by atoms with E-state index in [4.69, 9.17) is 9.47 Å². The molecular formula is C22H21F3N2O2. The van der Waals surface area contributed by atoms with Crippen LogP contribution in [0.3, 0.4) is 0 Å². The van der Waals surface area contributed by atoms with E-state index < -0.39 is 11.7 Å². The summed E-state index contributed by atoms with van der Waals surface area (Å²) in [7, 11) is 1.52. The van der Waals surface area contributed by atoms with Gasteiger partial charge in [-0.3, -0.25) is 0 Å². The van der Waals surface area contributed by atoms with E-state index in [-0.39, 0.29) is 6.61 Å². The highest BCUT2D eigenvalue weighted by Crippen LogP contribution is 2.31. The maximum atomic E-state index is 12.8. The second kappa shape index (κ2) is 9.34. The van der Waals surface area contributed by atoms with Gasteiger partial charge in [0.25, 0.3) is 0 Å². The third-order valence-corrected chi connectivity index (χ3v) is 4.18. The summed E-state index contributed by atoms with van der Waals surface area (Å²) in [4.78, 5) is 0. The second-order valence-corrected chi connectivity index (χ2v) is 6.32. The van der Waals surface area contributed by atoms with Crippen LogP contribution in [0.5, 0.6) is 11.5 Å². The Hall–Kier alpha value is -3.19. The summed E-state index contributed by atoms with van der Waals surface area (Å²) in [6, 6.07) is 20.2. The van der Waals surface area contributed by atoms with Gasteiger partial charge in [-0.1, -0.05) is 36.4 Å². The largest absolute Gasteiger partial charge is 0.493 e. The Morgan fingerprint density at radius 1 is 0.828 bits per heavy atom. The Morgan fingerprint density at radius 2 is 1.62 bits per heavy atom. The molecule has 0 radical (unpaired) electrons. The molecule has 3 aromatic carbocycles. The monoisotopic (exact) mass is 402 g/mol. The minimum Gasteiger partial charge on any atom is -0.493 e. The van der Waals surface area contributed by atoms with Crippen LogP contribution in [0.4, 0.5) is 18.9 Å². The number of ether oxygens (including phenoxy) is 2. The number of nitrogens with one attached hydrogen (secondary N) is 2. The van der Waals surface area contributed by atoms with Gasteiger partial charge in [0.1, 0.15) is 6.61 Å². The highest BCUT2D eigenvalue weighted by molar-refractivity contribution is 5.44. The predicted molar refractivity (Wildman–Crippen MR) is 106 cm³/mol. The van der Waals surface area contributed by atoms with Crippen molar-refractivity contribution in [2.24, 2.45) is 0 Å². The van der Waals surface area contributed by atoms with Gasteiger partial charge in [0.15, 0.2) is 11.5 Å². The molecule has 0 heterocycles. The van der Waals surface area contributed by atoms with Crippen molar-refractivity contribution in [2.45, 2.75) is 19.3 Å². The first-order chi connectivity index (χ1) is 14.0. The molecule has 0 bridgehead atoms. The van der Waals surface area contributed by atoms with Gasteiger partial charge in [-0.2, -0.15) is 13.2 Å². The fourth-order valence-corrected chi connectivity index (χ4v) is 2.71. The fraction of sp³-hybridized carbons (Fsp3) is 0.182. The highest BCUT2D eigenvalue weighted by atomic mass is 19.4. The van der Waals surface area contributed by atoms with Gasteiger partial charge < -0.3 is 14.9 Å². The molecule has 0 aliphatic heterocycles. The number of para-hydroxylation sites is 1. The molecule has 3 aromatic rings. The number of hydrazine groups is 1. The number of alkyl halides is 3.